The maximum absolute atomic E-state index is 12.2. The fraction of sp³-hybridized carbons (Fsp3) is 0.417. The average molecular weight is 385 g/mol. The summed E-state index contributed by atoms with van der Waals surface area (Å²) in [5.74, 6) is -1.16. The molecule has 0 unspecified atom stereocenters. The minimum Gasteiger partial charge on any atom is -0.480 e. The minimum absolute atomic E-state index is 0.0432. The van der Waals surface area contributed by atoms with Crippen LogP contribution < -0.4 is 4.72 Å². The van der Waals surface area contributed by atoms with Gasteiger partial charge in [-0.3, -0.25) is 4.79 Å². The molecule has 0 heterocycles. The molecule has 1 atom stereocenters. The van der Waals surface area contributed by atoms with Crippen LogP contribution in [0, 0.1) is 5.92 Å². The van der Waals surface area contributed by atoms with Crippen LogP contribution in [0.5, 0.6) is 0 Å². The lowest BCUT2D eigenvalue weighted by atomic mass is 10.1. The summed E-state index contributed by atoms with van der Waals surface area (Å²) in [6.07, 6.45) is 0.201. The van der Waals surface area contributed by atoms with Gasteiger partial charge in [-0.15, -0.1) is 0 Å². The summed E-state index contributed by atoms with van der Waals surface area (Å²) in [7, 11) is -3.97. The van der Waals surface area contributed by atoms with Crippen LogP contribution in [0.2, 0.25) is 5.02 Å². The van der Waals surface area contributed by atoms with E-state index < -0.39 is 22.0 Å². The van der Waals surface area contributed by atoms with Gasteiger partial charge in [-0.25, -0.2) is 8.42 Å². The highest BCUT2D eigenvalue weighted by Gasteiger charge is 2.27. The summed E-state index contributed by atoms with van der Waals surface area (Å²) in [4.78, 5) is 11.0. The monoisotopic (exact) mass is 383 g/mol. The van der Waals surface area contributed by atoms with Gasteiger partial charge in [0, 0.05) is 0 Å². The fourth-order valence-corrected chi connectivity index (χ4v) is 4.05. The van der Waals surface area contributed by atoms with Gasteiger partial charge >= 0.3 is 5.97 Å². The largest absolute Gasteiger partial charge is 0.480 e. The van der Waals surface area contributed by atoms with E-state index in [0.29, 0.717) is 0 Å². The second kappa shape index (κ2) is 6.89. The Labute approximate surface area is 131 Å². The second-order valence-corrected chi connectivity index (χ2v) is 7.58. The van der Waals surface area contributed by atoms with Crippen LogP contribution in [0.3, 0.4) is 0 Å². The van der Waals surface area contributed by atoms with Crippen molar-refractivity contribution in [1.29, 1.82) is 0 Å². The number of halogens is 2. The van der Waals surface area contributed by atoms with Gasteiger partial charge in [0.25, 0.3) is 0 Å². The second-order valence-electron chi connectivity index (χ2n) is 4.69. The Kier molecular flexibility index (Phi) is 6.00. The summed E-state index contributed by atoms with van der Waals surface area (Å²) in [5, 5.41) is 9.33. The molecule has 0 aliphatic rings. The lowest BCUT2D eigenvalue weighted by Crippen LogP contribution is -2.41. The maximum atomic E-state index is 12.2. The molecule has 0 saturated heterocycles. The van der Waals surface area contributed by atoms with Crippen molar-refractivity contribution < 1.29 is 18.3 Å². The predicted octanol–water partition coefficient (Wildman–Crippen LogP) is 2.88. The Morgan fingerprint density at radius 3 is 2.55 bits per heavy atom. The highest BCUT2D eigenvalue weighted by molar-refractivity contribution is 9.10. The first-order valence-corrected chi connectivity index (χ1v) is 8.49. The van der Waals surface area contributed by atoms with E-state index in [-0.39, 0.29) is 26.7 Å². The third-order valence-electron chi connectivity index (χ3n) is 2.51. The van der Waals surface area contributed by atoms with Crippen LogP contribution in [0.25, 0.3) is 0 Å². The molecule has 0 radical (unpaired) electrons. The molecule has 0 aliphatic heterocycles. The van der Waals surface area contributed by atoms with Crippen molar-refractivity contribution in [2.24, 2.45) is 5.92 Å². The molecular weight excluding hydrogens is 370 g/mol. The Bertz CT molecular complexity index is 603. The van der Waals surface area contributed by atoms with Crippen molar-refractivity contribution in [2.75, 3.05) is 0 Å². The molecule has 0 bridgehead atoms. The molecule has 0 spiro atoms. The van der Waals surface area contributed by atoms with Crippen molar-refractivity contribution in [3.05, 3.63) is 27.7 Å². The number of carboxylic acid groups (broad SMARTS) is 1. The SMILES string of the molecule is CC(C)C[C@@H](NS(=O)(=O)c1cccc(Cl)c1Br)C(=O)O. The van der Waals surface area contributed by atoms with Crippen molar-refractivity contribution in [3.63, 3.8) is 0 Å². The zero-order valence-corrected chi connectivity index (χ0v) is 14.1. The number of aliphatic carboxylic acids is 1. The number of carboxylic acids is 1. The van der Waals surface area contributed by atoms with Gasteiger partial charge in [0.2, 0.25) is 10.0 Å². The number of hydrogen-bond donors (Lipinski definition) is 2. The summed E-state index contributed by atoms with van der Waals surface area (Å²) < 4.78 is 26.9. The van der Waals surface area contributed by atoms with E-state index in [1.165, 1.54) is 18.2 Å². The van der Waals surface area contributed by atoms with Crippen molar-refractivity contribution >= 4 is 43.5 Å². The van der Waals surface area contributed by atoms with E-state index in [1.807, 2.05) is 13.8 Å². The van der Waals surface area contributed by atoms with Gasteiger partial charge in [-0.05, 0) is 40.4 Å². The van der Waals surface area contributed by atoms with Gasteiger partial charge in [-0.2, -0.15) is 4.72 Å². The number of hydrogen-bond acceptors (Lipinski definition) is 3. The molecule has 0 fully saturated rings. The highest BCUT2D eigenvalue weighted by Crippen LogP contribution is 2.29. The molecular formula is C12H15BrClNO4S. The maximum Gasteiger partial charge on any atom is 0.321 e. The minimum atomic E-state index is -3.97. The number of nitrogens with one attached hydrogen (secondary N) is 1. The van der Waals surface area contributed by atoms with E-state index in [9.17, 15) is 13.2 Å². The van der Waals surface area contributed by atoms with Gasteiger partial charge < -0.3 is 5.11 Å². The van der Waals surface area contributed by atoms with Gasteiger partial charge in [0.15, 0.2) is 0 Å². The number of carbonyl (C=O) groups is 1. The first-order chi connectivity index (χ1) is 9.15. The van der Waals surface area contributed by atoms with E-state index in [0.717, 1.165) is 0 Å². The van der Waals surface area contributed by atoms with E-state index in [2.05, 4.69) is 20.7 Å². The average Bonchev–Trinajstić information content (AvgIpc) is 2.30. The van der Waals surface area contributed by atoms with E-state index >= 15 is 0 Å². The molecule has 0 saturated carbocycles. The molecule has 2 N–H and O–H groups in total. The number of rotatable bonds is 6. The Balaban J connectivity index is 3.10. The highest BCUT2D eigenvalue weighted by atomic mass is 79.9. The molecule has 1 aromatic carbocycles. The van der Waals surface area contributed by atoms with Crippen LogP contribution >= 0.6 is 27.5 Å². The molecule has 8 heteroatoms. The molecule has 20 heavy (non-hydrogen) atoms. The van der Waals surface area contributed by atoms with Crippen molar-refractivity contribution in [3.8, 4) is 0 Å². The van der Waals surface area contributed by atoms with Gasteiger partial charge in [0.1, 0.15) is 6.04 Å². The number of benzene rings is 1. The van der Waals surface area contributed by atoms with Crippen LogP contribution in [-0.2, 0) is 14.8 Å². The molecule has 112 valence electrons. The van der Waals surface area contributed by atoms with Crippen LogP contribution in [-0.4, -0.2) is 25.5 Å². The lowest BCUT2D eigenvalue weighted by molar-refractivity contribution is -0.139. The van der Waals surface area contributed by atoms with Gasteiger partial charge in [0.05, 0.1) is 14.4 Å². The summed E-state index contributed by atoms with van der Waals surface area (Å²) in [6.45, 7) is 3.64. The van der Waals surface area contributed by atoms with Crippen molar-refractivity contribution in [2.45, 2.75) is 31.2 Å². The summed E-state index contributed by atoms with van der Waals surface area (Å²) in [6, 6.07) is 3.20. The fourth-order valence-electron chi connectivity index (χ4n) is 1.61. The normalized spacial score (nSPS) is 13.4. The Morgan fingerprint density at radius 2 is 2.05 bits per heavy atom. The number of sulfonamides is 1. The smallest absolute Gasteiger partial charge is 0.321 e. The van der Waals surface area contributed by atoms with E-state index in [4.69, 9.17) is 16.7 Å². The molecule has 0 aromatic heterocycles. The lowest BCUT2D eigenvalue weighted by Gasteiger charge is -2.17. The molecule has 1 aromatic rings. The van der Waals surface area contributed by atoms with Crippen LogP contribution in [0.1, 0.15) is 20.3 Å². The molecule has 5 nitrogen and oxygen atoms in total. The predicted molar refractivity (Wildman–Crippen MR) is 80.4 cm³/mol. The van der Waals surface area contributed by atoms with Gasteiger partial charge in [-0.1, -0.05) is 31.5 Å². The Morgan fingerprint density at radius 1 is 1.45 bits per heavy atom. The summed E-state index contributed by atoms with van der Waals surface area (Å²) in [5.41, 5.74) is 0. The molecule has 0 aliphatic carbocycles. The third kappa shape index (κ3) is 4.44. The summed E-state index contributed by atoms with van der Waals surface area (Å²) >= 11 is 8.94. The first-order valence-electron chi connectivity index (χ1n) is 5.84. The third-order valence-corrected chi connectivity index (χ3v) is 5.68. The zero-order chi connectivity index (χ0) is 15.5. The Hall–Kier alpha value is -0.630. The van der Waals surface area contributed by atoms with Crippen molar-refractivity contribution in [1.82, 2.24) is 4.72 Å². The topological polar surface area (TPSA) is 83.5 Å². The van der Waals surface area contributed by atoms with Crippen LogP contribution in [0.4, 0.5) is 0 Å². The zero-order valence-electron chi connectivity index (χ0n) is 10.9. The van der Waals surface area contributed by atoms with Crippen LogP contribution in [0.15, 0.2) is 27.6 Å². The van der Waals surface area contributed by atoms with E-state index in [1.54, 1.807) is 0 Å². The quantitative estimate of drug-likeness (QED) is 0.790. The molecule has 1 rings (SSSR count). The first kappa shape index (κ1) is 17.4. The standard InChI is InChI=1S/C12H15BrClNO4S/c1-7(2)6-9(12(16)17)15-20(18,19)10-5-3-4-8(14)11(10)13/h3-5,7,9,15H,6H2,1-2H3,(H,16,17)/t9-/m1/s1. The molecule has 0 amide bonds.